The quantitative estimate of drug-likeness (QED) is 0.771. The van der Waals surface area contributed by atoms with Gasteiger partial charge >= 0.3 is 6.18 Å². The molecule has 0 aromatic heterocycles. The third kappa shape index (κ3) is 3.14. The van der Waals surface area contributed by atoms with E-state index in [4.69, 9.17) is 11.6 Å². The Bertz CT molecular complexity index is 518. The molecule has 0 spiro atoms. The molecule has 0 aliphatic carbocycles. The van der Waals surface area contributed by atoms with Crippen LogP contribution in [0.4, 0.5) is 18.9 Å². The van der Waals surface area contributed by atoms with Crippen LogP contribution in [0.1, 0.15) is 24.8 Å². The van der Waals surface area contributed by atoms with Crippen molar-refractivity contribution in [2.24, 2.45) is 0 Å². The number of hydrogen-bond donors (Lipinski definition) is 0. The smallest absolute Gasteiger partial charge is 0.369 e. The van der Waals surface area contributed by atoms with E-state index in [1.54, 1.807) is 0 Å². The number of benzene rings is 1. The van der Waals surface area contributed by atoms with Gasteiger partial charge in [0.2, 0.25) is 0 Å². The molecule has 2 aliphatic heterocycles. The van der Waals surface area contributed by atoms with Gasteiger partial charge in [-0.1, -0.05) is 11.6 Å². The van der Waals surface area contributed by atoms with E-state index in [2.05, 4.69) is 9.80 Å². The molecular formula is C15H18ClF3N2. The van der Waals surface area contributed by atoms with E-state index < -0.39 is 11.7 Å². The summed E-state index contributed by atoms with van der Waals surface area (Å²) < 4.78 is 38.1. The van der Waals surface area contributed by atoms with Gasteiger partial charge < -0.3 is 4.90 Å². The van der Waals surface area contributed by atoms with Crippen LogP contribution in [0.2, 0.25) is 5.02 Å². The van der Waals surface area contributed by atoms with E-state index in [0.717, 1.165) is 56.8 Å². The molecule has 0 saturated carbocycles. The van der Waals surface area contributed by atoms with E-state index >= 15 is 0 Å². The van der Waals surface area contributed by atoms with Crippen molar-refractivity contribution in [3.05, 3.63) is 28.8 Å². The Morgan fingerprint density at radius 3 is 2.57 bits per heavy atom. The SMILES string of the molecule is FC(F)(F)c1ccc(N2CCCN3CCCC3C2)c(Cl)c1. The molecule has 2 saturated heterocycles. The van der Waals surface area contributed by atoms with Gasteiger partial charge in [-0.05, 0) is 44.0 Å². The lowest BCUT2D eigenvalue weighted by atomic mass is 10.1. The summed E-state index contributed by atoms with van der Waals surface area (Å²) in [7, 11) is 0. The molecule has 2 heterocycles. The van der Waals surface area contributed by atoms with Crippen molar-refractivity contribution in [2.75, 3.05) is 31.1 Å². The highest BCUT2D eigenvalue weighted by Crippen LogP contribution is 2.36. The Morgan fingerprint density at radius 1 is 1.10 bits per heavy atom. The van der Waals surface area contributed by atoms with Gasteiger partial charge in [-0.15, -0.1) is 0 Å². The number of hydrogen-bond acceptors (Lipinski definition) is 2. The molecule has 2 aliphatic rings. The van der Waals surface area contributed by atoms with Gasteiger partial charge in [-0.2, -0.15) is 13.2 Å². The lowest BCUT2D eigenvalue weighted by Crippen LogP contribution is -2.36. The Morgan fingerprint density at radius 2 is 1.86 bits per heavy atom. The van der Waals surface area contributed by atoms with E-state index in [1.165, 1.54) is 12.5 Å². The molecule has 0 radical (unpaired) electrons. The highest BCUT2D eigenvalue weighted by molar-refractivity contribution is 6.33. The maximum Gasteiger partial charge on any atom is 0.416 e. The molecule has 1 unspecified atom stereocenters. The van der Waals surface area contributed by atoms with Crippen molar-refractivity contribution in [2.45, 2.75) is 31.5 Å². The van der Waals surface area contributed by atoms with Crippen LogP contribution in [0, 0.1) is 0 Å². The predicted octanol–water partition coefficient (Wildman–Crippen LogP) is 4.03. The van der Waals surface area contributed by atoms with Crippen molar-refractivity contribution in [3.8, 4) is 0 Å². The average Bonchev–Trinajstić information content (AvgIpc) is 2.75. The molecule has 21 heavy (non-hydrogen) atoms. The lowest BCUT2D eigenvalue weighted by molar-refractivity contribution is -0.137. The lowest BCUT2D eigenvalue weighted by Gasteiger charge is -2.28. The van der Waals surface area contributed by atoms with E-state index in [0.29, 0.717) is 6.04 Å². The fourth-order valence-electron chi connectivity index (χ4n) is 3.37. The van der Waals surface area contributed by atoms with Gasteiger partial charge in [0, 0.05) is 25.7 Å². The Kier molecular flexibility index (Phi) is 4.06. The highest BCUT2D eigenvalue weighted by atomic mass is 35.5. The van der Waals surface area contributed by atoms with Crippen LogP contribution < -0.4 is 4.90 Å². The van der Waals surface area contributed by atoms with E-state index in [9.17, 15) is 13.2 Å². The molecule has 0 bridgehead atoms. The molecule has 6 heteroatoms. The standard InChI is InChI=1S/C15H18ClF3N2/c16-13-9-11(15(17,18)19)4-5-14(13)21-8-2-7-20-6-1-3-12(20)10-21/h4-5,9,12H,1-3,6-8,10H2. The minimum atomic E-state index is -4.34. The van der Waals surface area contributed by atoms with Gasteiger partial charge in [0.25, 0.3) is 0 Å². The maximum absolute atomic E-state index is 12.7. The highest BCUT2D eigenvalue weighted by Gasteiger charge is 2.32. The third-order valence-corrected chi connectivity index (χ3v) is 4.72. The molecule has 2 nitrogen and oxygen atoms in total. The number of rotatable bonds is 1. The minimum absolute atomic E-state index is 0.191. The van der Waals surface area contributed by atoms with Crippen LogP contribution in [0.15, 0.2) is 18.2 Å². The zero-order valence-electron chi connectivity index (χ0n) is 11.7. The molecule has 1 aromatic carbocycles. The summed E-state index contributed by atoms with van der Waals surface area (Å²) >= 11 is 6.11. The summed E-state index contributed by atoms with van der Waals surface area (Å²) in [5.74, 6) is 0. The number of fused-ring (bicyclic) bond motifs is 1. The van der Waals surface area contributed by atoms with E-state index in [1.807, 2.05) is 0 Å². The maximum atomic E-state index is 12.7. The summed E-state index contributed by atoms with van der Waals surface area (Å²) in [6, 6.07) is 4.17. The fraction of sp³-hybridized carbons (Fsp3) is 0.600. The zero-order chi connectivity index (χ0) is 15.0. The number of alkyl halides is 3. The minimum Gasteiger partial charge on any atom is -0.369 e. The summed E-state index contributed by atoms with van der Waals surface area (Å²) in [5, 5.41) is 0.191. The van der Waals surface area contributed by atoms with Crippen molar-refractivity contribution in [1.29, 1.82) is 0 Å². The molecule has 116 valence electrons. The molecule has 1 atom stereocenters. The topological polar surface area (TPSA) is 6.48 Å². The summed E-state index contributed by atoms with van der Waals surface area (Å²) in [4.78, 5) is 4.62. The molecule has 0 N–H and O–H groups in total. The molecule has 3 rings (SSSR count). The van der Waals surface area contributed by atoms with Crippen LogP contribution in [0.25, 0.3) is 0 Å². The normalized spacial score (nSPS) is 24.0. The Balaban J connectivity index is 1.82. The molecule has 2 fully saturated rings. The monoisotopic (exact) mass is 318 g/mol. The molecular weight excluding hydrogens is 301 g/mol. The van der Waals surface area contributed by atoms with Gasteiger partial charge in [0.15, 0.2) is 0 Å². The average molecular weight is 319 g/mol. The largest absolute Gasteiger partial charge is 0.416 e. The number of anilines is 1. The molecule has 1 aromatic rings. The first-order valence-corrected chi connectivity index (χ1v) is 7.69. The van der Waals surface area contributed by atoms with Crippen molar-refractivity contribution in [1.82, 2.24) is 4.90 Å². The van der Waals surface area contributed by atoms with Gasteiger partial charge in [0.05, 0.1) is 16.3 Å². The van der Waals surface area contributed by atoms with Crippen LogP contribution in [-0.2, 0) is 6.18 Å². The van der Waals surface area contributed by atoms with Gasteiger partial charge in [-0.25, -0.2) is 0 Å². The van der Waals surface area contributed by atoms with E-state index in [-0.39, 0.29) is 5.02 Å². The van der Waals surface area contributed by atoms with Crippen LogP contribution in [0.3, 0.4) is 0 Å². The number of nitrogens with zero attached hydrogens (tertiary/aromatic N) is 2. The Hall–Kier alpha value is -0.940. The second-order valence-corrected chi connectivity index (χ2v) is 6.20. The van der Waals surface area contributed by atoms with Crippen LogP contribution in [-0.4, -0.2) is 37.1 Å². The summed E-state index contributed by atoms with van der Waals surface area (Å²) in [6.07, 6.45) is -0.953. The number of halogens is 4. The third-order valence-electron chi connectivity index (χ3n) is 4.42. The summed E-state index contributed by atoms with van der Waals surface area (Å²) in [6.45, 7) is 3.90. The van der Waals surface area contributed by atoms with Crippen molar-refractivity contribution >= 4 is 17.3 Å². The Labute approximate surface area is 127 Å². The molecule has 0 amide bonds. The first-order valence-electron chi connectivity index (χ1n) is 7.31. The van der Waals surface area contributed by atoms with Gasteiger partial charge in [-0.3, -0.25) is 4.90 Å². The second-order valence-electron chi connectivity index (χ2n) is 5.80. The zero-order valence-corrected chi connectivity index (χ0v) is 12.4. The second kappa shape index (κ2) is 5.69. The van der Waals surface area contributed by atoms with Gasteiger partial charge in [0.1, 0.15) is 0 Å². The fourth-order valence-corrected chi connectivity index (χ4v) is 3.67. The van der Waals surface area contributed by atoms with Crippen molar-refractivity contribution < 1.29 is 13.2 Å². The first kappa shape index (κ1) is 15.0. The first-order chi connectivity index (χ1) is 9.95. The predicted molar refractivity (Wildman–Crippen MR) is 77.9 cm³/mol. The van der Waals surface area contributed by atoms with Crippen LogP contribution in [0.5, 0.6) is 0 Å². The van der Waals surface area contributed by atoms with Crippen LogP contribution >= 0.6 is 11.6 Å². The van der Waals surface area contributed by atoms with Crippen molar-refractivity contribution in [3.63, 3.8) is 0 Å². The summed E-state index contributed by atoms with van der Waals surface area (Å²) in [5.41, 5.74) is 0.0342.